The molecule has 6 nitrogen and oxygen atoms in total. The van der Waals surface area contributed by atoms with Crippen molar-refractivity contribution in [3.8, 4) is 0 Å². The zero-order valence-corrected chi connectivity index (χ0v) is 12.4. The third kappa shape index (κ3) is 2.14. The Kier molecular flexibility index (Phi) is 3.26. The second-order valence-corrected chi connectivity index (χ2v) is 5.95. The number of hydrogen-bond donors (Lipinski definition) is 1. The molecule has 0 spiro atoms. The highest BCUT2D eigenvalue weighted by atomic mass is 79.9. The van der Waals surface area contributed by atoms with Gasteiger partial charge in [-0.3, -0.25) is 9.58 Å². The molecule has 1 atom stereocenters. The molecule has 3 rings (SSSR count). The highest BCUT2D eigenvalue weighted by molar-refractivity contribution is 9.10. The van der Waals surface area contributed by atoms with Gasteiger partial charge in [0.1, 0.15) is 16.0 Å². The highest BCUT2D eigenvalue weighted by Crippen LogP contribution is 2.31. The van der Waals surface area contributed by atoms with Gasteiger partial charge in [0.15, 0.2) is 0 Å². The standard InChI is InChI=1S/C12H17BrN4O2/c1-15-11(9(12(18)19)10(13)14-15)17-6-5-16-4-2-3-8(16)7-17/h8H,2-7H2,1H3,(H,18,19)/t8-/m0/s1. The summed E-state index contributed by atoms with van der Waals surface area (Å²) in [5, 5.41) is 13.5. The van der Waals surface area contributed by atoms with E-state index in [0.717, 1.165) is 19.6 Å². The van der Waals surface area contributed by atoms with Crippen molar-refractivity contribution in [1.29, 1.82) is 0 Å². The second-order valence-electron chi connectivity index (χ2n) is 5.20. The average Bonchev–Trinajstić information content (AvgIpc) is 2.91. The summed E-state index contributed by atoms with van der Waals surface area (Å²) in [4.78, 5) is 16.1. The Morgan fingerprint density at radius 3 is 2.95 bits per heavy atom. The number of halogens is 1. The van der Waals surface area contributed by atoms with Gasteiger partial charge >= 0.3 is 5.97 Å². The van der Waals surface area contributed by atoms with Crippen LogP contribution in [0.3, 0.4) is 0 Å². The van der Waals surface area contributed by atoms with Crippen molar-refractivity contribution in [2.75, 3.05) is 31.1 Å². The number of carboxylic acids is 1. The van der Waals surface area contributed by atoms with Gasteiger partial charge in [-0.15, -0.1) is 0 Å². The molecule has 104 valence electrons. The van der Waals surface area contributed by atoms with Crippen LogP contribution in [0.15, 0.2) is 4.60 Å². The topological polar surface area (TPSA) is 61.6 Å². The first-order valence-corrected chi connectivity index (χ1v) is 7.32. The largest absolute Gasteiger partial charge is 0.477 e. The molecule has 0 bridgehead atoms. The van der Waals surface area contributed by atoms with Gasteiger partial charge in [0.05, 0.1) is 0 Å². The third-order valence-corrected chi connectivity index (χ3v) is 4.63. The van der Waals surface area contributed by atoms with Crippen LogP contribution in [0.25, 0.3) is 0 Å². The van der Waals surface area contributed by atoms with E-state index in [1.807, 2.05) is 0 Å². The summed E-state index contributed by atoms with van der Waals surface area (Å²) in [7, 11) is 1.80. The van der Waals surface area contributed by atoms with Crippen molar-refractivity contribution < 1.29 is 9.90 Å². The Bertz CT molecular complexity index is 516. The first kappa shape index (κ1) is 12.9. The van der Waals surface area contributed by atoms with E-state index >= 15 is 0 Å². The molecule has 2 fully saturated rings. The lowest BCUT2D eigenvalue weighted by molar-refractivity contribution is 0.0696. The van der Waals surface area contributed by atoms with Crippen molar-refractivity contribution in [3.63, 3.8) is 0 Å². The van der Waals surface area contributed by atoms with Crippen molar-refractivity contribution in [2.24, 2.45) is 7.05 Å². The van der Waals surface area contributed by atoms with Gasteiger partial charge in [-0.1, -0.05) is 0 Å². The van der Waals surface area contributed by atoms with E-state index in [2.05, 4.69) is 30.8 Å². The van der Waals surface area contributed by atoms with E-state index in [-0.39, 0.29) is 5.56 Å². The Morgan fingerprint density at radius 1 is 1.42 bits per heavy atom. The number of carbonyl (C=O) groups is 1. The Balaban J connectivity index is 1.92. The van der Waals surface area contributed by atoms with Crippen molar-refractivity contribution in [3.05, 3.63) is 10.2 Å². The molecule has 0 saturated carbocycles. The number of piperazine rings is 1. The number of carboxylic acid groups (broad SMARTS) is 1. The Labute approximate surface area is 120 Å². The van der Waals surface area contributed by atoms with Crippen LogP contribution in [-0.4, -0.2) is 58.0 Å². The summed E-state index contributed by atoms with van der Waals surface area (Å²) < 4.78 is 2.07. The second kappa shape index (κ2) is 4.79. The molecule has 1 N–H and O–H groups in total. The monoisotopic (exact) mass is 328 g/mol. The van der Waals surface area contributed by atoms with Crippen LogP contribution >= 0.6 is 15.9 Å². The lowest BCUT2D eigenvalue weighted by atomic mass is 10.1. The molecule has 3 heterocycles. The maximum absolute atomic E-state index is 11.4. The SMILES string of the molecule is Cn1nc(Br)c(C(=O)O)c1N1CCN2CCC[C@H]2C1. The minimum absolute atomic E-state index is 0.272. The van der Waals surface area contributed by atoms with Crippen molar-refractivity contribution >= 4 is 27.7 Å². The van der Waals surface area contributed by atoms with Crippen molar-refractivity contribution in [2.45, 2.75) is 18.9 Å². The lowest BCUT2D eigenvalue weighted by Gasteiger charge is -2.38. The summed E-state index contributed by atoms with van der Waals surface area (Å²) in [6.45, 7) is 3.95. The summed E-state index contributed by atoms with van der Waals surface area (Å²) >= 11 is 3.24. The van der Waals surface area contributed by atoms with Crippen LogP contribution in [0.1, 0.15) is 23.2 Å². The van der Waals surface area contributed by atoms with E-state index in [9.17, 15) is 9.90 Å². The molecule has 0 aromatic carbocycles. The minimum Gasteiger partial charge on any atom is -0.477 e. The lowest BCUT2D eigenvalue weighted by Crippen LogP contribution is -2.51. The zero-order valence-electron chi connectivity index (χ0n) is 10.8. The van der Waals surface area contributed by atoms with Gasteiger partial charge in [-0.2, -0.15) is 5.10 Å². The van der Waals surface area contributed by atoms with Crippen LogP contribution in [0.4, 0.5) is 5.82 Å². The Hall–Kier alpha value is -1.08. The van der Waals surface area contributed by atoms with Gasteiger partial charge in [0.25, 0.3) is 0 Å². The fraction of sp³-hybridized carbons (Fsp3) is 0.667. The average molecular weight is 329 g/mol. The van der Waals surface area contributed by atoms with E-state index < -0.39 is 5.97 Å². The van der Waals surface area contributed by atoms with Crippen LogP contribution in [-0.2, 0) is 7.05 Å². The zero-order chi connectivity index (χ0) is 13.6. The maximum Gasteiger partial charge on any atom is 0.342 e. The number of anilines is 1. The molecule has 1 aromatic heterocycles. The summed E-state index contributed by atoms with van der Waals surface area (Å²) in [5.41, 5.74) is 0.272. The molecule has 7 heteroatoms. The fourth-order valence-corrected chi connectivity index (χ4v) is 3.80. The molecule has 1 aromatic rings. The van der Waals surface area contributed by atoms with E-state index in [4.69, 9.17) is 0 Å². The normalized spacial score (nSPS) is 23.7. The molecule has 0 aliphatic carbocycles. The summed E-state index contributed by atoms with van der Waals surface area (Å²) in [6, 6.07) is 0.559. The fourth-order valence-electron chi connectivity index (χ4n) is 3.21. The van der Waals surface area contributed by atoms with E-state index in [1.54, 1.807) is 11.7 Å². The summed E-state index contributed by atoms with van der Waals surface area (Å²) in [5.74, 6) is -0.213. The quantitative estimate of drug-likeness (QED) is 0.882. The van der Waals surface area contributed by atoms with Gasteiger partial charge in [0, 0.05) is 32.7 Å². The smallest absolute Gasteiger partial charge is 0.342 e. The number of fused-ring (bicyclic) bond motifs is 1. The number of nitrogens with zero attached hydrogens (tertiary/aromatic N) is 4. The summed E-state index contributed by atoms with van der Waals surface area (Å²) in [6.07, 6.45) is 2.46. The van der Waals surface area contributed by atoms with Crippen LogP contribution < -0.4 is 4.90 Å². The van der Waals surface area contributed by atoms with E-state index in [1.165, 1.54) is 19.4 Å². The van der Waals surface area contributed by atoms with E-state index in [0.29, 0.717) is 16.5 Å². The molecule has 2 saturated heterocycles. The predicted molar refractivity (Wildman–Crippen MR) is 74.7 cm³/mol. The van der Waals surface area contributed by atoms with Gasteiger partial charge in [-0.25, -0.2) is 4.79 Å². The number of rotatable bonds is 2. The Morgan fingerprint density at radius 2 is 2.21 bits per heavy atom. The van der Waals surface area contributed by atoms with Crippen LogP contribution in [0, 0.1) is 0 Å². The molecule has 2 aliphatic rings. The molecule has 0 unspecified atom stereocenters. The molecule has 0 radical (unpaired) electrons. The predicted octanol–water partition coefficient (Wildman–Crippen LogP) is 1.17. The van der Waals surface area contributed by atoms with Gasteiger partial charge in [0.2, 0.25) is 0 Å². The van der Waals surface area contributed by atoms with Crippen LogP contribution in [0.5, 0.6) is 0 Å². The first-order chi connectivity index (χ1) is 9.08. The first-order valence-electron chi connectivity index (χ1n) is 6.52. The minimum atomic E-state index is -0.927. The third-order valence-electron chi connectivity index (χ3n) is 4.07. The maximum atomic E-state index is 11.4. The molecular weight excluding hydrogens is 312 g/mol. The van der Waals surface area contributed by atoms with Gasteiger partial charge in [-0.05, 0) is 35.3 Å². The number of aryl methyl sites for hydroxylation is 1. The number of hydrogen-bond acceptors (Lipinski definition) is 4. The molecule has 0 amide bonds. The molecule has 19 heavy (non-hydrogen) atoms. The molecular formula is C12H17BrN4O2. The van der Waals surface area contributed by atoms with Crippen LogP contribution in [0.2, 0.25) is 0 Å². The number of aromatic carboxylic acids is 1. The molecule has 2 aliphatic heterocycles. The number of aromatic nitrogens is 2. The van der Waals surface area contributed by atoms with Gasteiger partial charge < -0.3 is 10.0 Å². The van der Waals surface area contributed by atoms with Crippen molar-refractivity contribution in [1.82, 2.24) is 14.7 Å². The highest BCUT2D eigenvalue weighted by Gasteiger charge is 2.34.